The van der Waals surface area contributed by atoms with E-state index in [0.717, 1.165) is 23.3 Å². The number of fused-ring (bicyclic) bond motifs is 1. The largest absolute Gasteiger partial charge is 0.329 e. The standard InChI is InChI=1S/C19H17FN4O2S/c1-12-22-11-17(23-12)24-18(10-13-4-2-3-5-16(13)19(24)21)27(25,26)15-8-6-14(20)7-9-15/h2-11,19H,21H2,1H3,(H,22,23). The number of benzene rings is 2. The van der Waals surface area contributed by atoms with Gasteiger partial charge in [-0.15, -0.1) is 0 Å². The summed E-state index contributed by atoms with van der Waals surface area (Å²) in [7, 11) is -3.95. The van der Waals surface area contributed by atoms with E-state index in [1.54, 1.807) is 13.0 Å². The van der Waals surface area contributed by atoms with Crippen molar-refractivity contribution in [2.75, 3.05) is 4.90 Å². The lowest BCUT2D eigenvalue weighted by atomic mass is 10.0. The average molecular weight is 384 g/mol. The van der Waals surface area contributed by atoms with Gasteiger partial charge in [-0.1, -0.05) is 24.3 Å². The minimum absolute atomic E-state index is 0.00366. The Labute approximate surface area is 156 Å². The Hall–Kier alpha value is -2.97. The highest BCUT2D eigenvalue weighted by Crippen LogP contribution is 2.38. The van der Waals surface area contributed by atoms with Crippen LogP contribution in [0.25, 0.3) is 6.08 Å². The molecule has 27 heavy (non-hydrogen) atoms. The van der Waals surface area contributed by atoms with Crippen LogP contribution in [0.2, 0.25) is 0 Å². The van der Waals surface area contributed by atoms with Gasteiger partial charge in [0.05, 0.1) is 11.1 Å². The van der Waals surface area contributed by atoms with E-state index < -0.39 is 21.8 Å². The van der Waals surface area contributed by atoms with E-state index >= 15 is 0 Å². The SMILES string of the molecule is Cc1ncc(N2C(S(=O)(=O)c3ccc(F)cc3)=Cc3ccccc3C2N)[nH]1. The first-order valence-corrected chi connectivity index (χ1v) is 9.74. The molecule has 4 rings (SSSR count). The van der Waals surface area contributed by atoms with Crippen LogP contribution in [0.3, 0.4) is 0 Å². The molecule has 2 heterocycles. The Kier molecular flexibility index (Phi) is 4.09. The quantitative estimate of drug-likeness (QED) is 0.677. The minimum atomic E-state index is -3.95. The summed E-state index contributed by atoms with van der Waals surface area (Å²) in [4.78, 5) is 8.69. The van der Waals surface area contributed by atoms with Crippen LogP contribution < -0.4 is 10.6 Å². The van der Waals surface area contributed by atoms with Crippen molar-refractivity contribution < 1.29 is 12.8 Å². The predicted octanol–water partition coefficient (Wildman–Crippen LogP) is 3.11. The molecule has 138 valence electrons. The highest BCUT2D eigenvalue weighted by Gasteiger charge is 2.35. The summed E-state index contributed by atoms with van der Waals surface area (Å²) in [5.41, 5.74) is 7.95. The van der Waals surface area contributed by atoms with Gasteiger partial charge in [-0.05, 0) is 48.4 Å². The topological polar surface area (TPSA) is 92.1 Å². The number of imidazole rings is 1. The van der Waals surface area contributed by atoms with Crippen LogP contribution >= 0.6 is 0 Å². The summed E-state index contributed by atoms with van der Waals surface area (Å²) < 4.78 is 39.9. The monoisotopic (exact) mass is 384 g/mol. The molecule has 2 aromatic carbocycles. The second-order valence-corrected chi connectivity index (χ2v) is 8.13. The summed E-state index contributed by atoms with van der Waals surface area (Å²) in [6.07, 6.45) is 2.39. The molecule has 3 N–H and O–H groups in total. The number of aryl methyl sites for hydroxylation is 1. The Morgan fingerprint density at radius 1 is 1.15 bits per heavy atom. The summed E-state index contributed by atoms with van der Waals surface area (Å²) in [6, 6.07) is 12.1. The highest BCUT2D eigenvalue weighted by molar-refractivity contribution is 7.95. The van der Waals surface area contributed by atoms with Crippen molar-refractivity contribution in [3.8, 4) is 0 Å². The third-order valence-electron chi connectivity index (χ3n) is 4.46. The van der Waals surface area contributed by atoms with Crippen molar-refractivity contribution in [3.05, 3.63) is 82.5 Å². The molecule has 1 aromatic heterocycles. The molecule has 0 radical (unpaired) electrons. The maximum absolute atomic E-state index is 13.3. The van der Waals surface area contributed by atoms with Crippen LogP contribution in [0.5, 0.6) is 0 Å². The molecule has 1 unspecified atom stereocenters. The fraction of sp³-hybridized carbons (Fsp3) is 0.105. The first kappa shape index (κ1) is 17.4. The van der Waals surface area contributed by atoms with Crippen molar-refractivity contribution in [1.29, 1.82) is 0 Å². The lowest BCUT2D eigenvalue weighted by Crippen LogP contribution is -2.39. The molecule has 0 aliphatic carbocycles. The van der Waals surface area contributed by atoms with Gasteiger partial charge in [0.25, 0.3) is 0 Å². The molecular weight excluding hydrogens is 367 g/mol. The number of nitrogens with one attached hydrogen (secondary N) is 1. The van der Waals surface area contributed by atoms with E-state index in [1.165, 1.54) is 23.2 Å². The second kappa shape index (κ2) is 6.33. The van der Waals surface area contributed by atoms with Gasteiger partial charge in [0.1, 0.15) is 28.7 Å². The molecule has 1 aliphatic rings. The molecule has 0 fully saturated rings. The Bertz CT molecular complexity index is 1140. The number of anilines is 1. The molecule has 0 saturated heterocycles. The summed E-state index contributed by atoms with van der Waals surface area (Å²) in [5.74, 6) is 0.593. The number of nitrogens with two attached hydrogens (primary N) is 1. The minimum Gasteiger partial charge on any atom is -0.329 e. The highest BCUT2D eigenvalue weighted by atomic mass is 32.2. The molecule has 0 amide bonds. The van der Waals surface area contributed by atoms with Crippen LogP contribution in [-0.4, -0.2) is 18.4 Å². The van der Waals surface area contributed by atoms with Gasteiger partial charge < -0.3 is 10.7 Å². The van der Waals surface area contributed by atoms with Gasteiger partial charge in [-0.25, -0.2) is 17.8 Å². The maximum Gasteiger partial charge on any atom is 0.222 e. The molecule has 0 spiro atoms. The van der Waals surface area contributed by atoms with Crippen LogP contribution in [0.4, 0.5) is 10.2 Å². The number of H-pyrrole nitrogens is 1. The van der Waals surface area contributed by atoms with E-state index in [4.69, 9.17) is 5.73 Å². The number of sulfone groups is 1. The number of hydrogen-bond acceptors (Lipinski definition) is 5. The second-order valence-electron chi connectivity index (χ2n) is 6.24. The van der Waals surface area contributed by atoms with Crippen molar-refractivity contribution >= 4 is 21.7 Å². The van der Waals surface area contributed by atoms with Gasteiger partial charge >= 0.3 is 0 Å². The Morgan fingerprint density at radius 3 is 2.52 bits per heavy atom. The van der Waals surface area contributed by atoms with Crippen LogP contribution in [-0.2, 0) is 9.84 Å². The van der Waals surface area contributed by atoms with E-state index in [-0.39, 0.29) is 9.92 Å². The number of hydrogen-bond donors (Lipinski definition) is 2. The van der Waals surface area contributed by atoms with Crippen LogP contribution in [0.15, 0.2) is 64.7 Å². The van der Waals surface area contributed by atoms with Gasteiger partial charge in [0.2, 0.25) is 9.84 Å². The first-order valence-electron chi connectivity index (χ1n) is 8.25. The zero-order chi connectivity index (χ0) is 19.2. The molecule has 8 heteroatoms. The van der Waals surface area contributed by atoms with E-state index in [1.807, 2.05) is 24.3 Å². The number of nitrogens with zero attached hydrogens (tertiary/aromatic N) is 2. The van der Waals surface area contributed by atoms with Crippen molar-refractivity contribution in [1.82, 2.24) is 9.97 Å². The molecule has 0 bridgehead atoms. The van der Waals surface area contributed by atoms with E-state index in [9.17, 15) is 12.8 Å². The zero-order valence-electron chi connectivity index (χ0n) is 14.4. The Balaban J connectivity index is 1.93. The summed E-state index contributed by atoms with van der Waals surface area (Å²) in [6.45, 7) is 1.77. The molecular formula is C19H17FN4O2S. The van der Waals surface area contributed by atoms with Gasteiger partial charge in [-0.2, -0.15) is 0 Å². The number of rotatable bonds is 3. The maximum atomic E-state index is 13.3. The normalized spacial score (nSPS) is 16.8. The molecule has 6 nitrogen and oxygen atoms in total. The average Bonchev–Trinajstić information content (AvgIpc) is 3.08. The number of halogens is 1. The summed E-state index contributed by atoms with van der Waals surface area (Å²) >= 11 is 0. The van der Waals surface area contributed by atoms with Crippen LogP contribution in [0.1, 0.15) is 23.1 Å². The molecule has 0 saturated carbocycles. The van der Waals surface area contributed by atoms with Crippen molar-refractivity contribution in [2.45, 2.75) is 18.0 Å². The third kappa shape index (κ3) is 2.92. The zero-order valence-corrected chi connectivity index (χ0v) is 15.2. The lowest BCUT2D eigenvalue weighted by Gasteiger charge is -2.35. The fourth-order valence-electron chi connectivity index (χ4n) is 3.13. The Morgan fingerprint density at radius 2 is 1.85 bits per heavy atom. The molecule has 1 aliphatic heterocycles. The number of aromatic amines is 1. The summed E-state index contributed by atoms with van der Waals surface area (Å²) in [5, 5.41) is 0.00366. The number of aromatic nitrogens is 2. The smallest absolute Gasteiger partial charge is 0.222 e. The first-order chi connectivity index (χ1) is 12.9. The van der Waals surface area contributed by atoms with Gasteiger partial charge in [0.15, 0.2) is 0 Å². The predicted molar refractivity (Wildman–Crippen MR) is 101 cm³/mol. The van der Waals surface area contributed by atoms with E-state index in [0.29, 0.717) is 11.6 Å². The molecule has 1 atom stereocenters. The van der Waals surface area contributed by atoms with Gasteiger partial charge in [-0.3, -0.25) is 4.90 Å². The van der Waals surface area contributed by atoms with Crippen molar-refractivity contribution in [2.24, 2.45) is 5.73 Å². The van der Waals surface area contributed by atoms with E-state index in [2.05, 4.69) is 9.97 Å². The van der Waals surface area contributed by atoms with Crippen LogP contribution in [0, 0.1) is 12.7 Å². The van der Waals surface area contributed by atoms with Gasteiger partial charge in [0, 0.05) is 0 Å². The van der Waals surface area contributed by atoms with Crippen molar-refractivity contribution in [3.63, 3.8) is 0 Å². The molecule has 3 aromatic rings. The lowest BCUT2D eigenvalue weighted by molar-refractivity contribution is 0.594. The third-order valence-corrected chi connectivity index (χ3v) is 6.22. The fourth-order valence-corrected chi connectivity index (χ4v) is 4.62.